The van der Waals surface area contributed by atoms with E-state index in [0.29, 0.717) is 11.2 Å². The minimum Gasteiger partial charge on any atom is -0.356 e. The lowest BCUT2D eigenvalue weighted by atomic mass is 10.1. The van der Waals surface area contributed by atoms with E-state index in [9.17, 15) is 0 Å². The zero-order valence-electron chi connectivity index (χ0n) is 13.3. The van der Waals surface area contributed by atoms with Crippen LogP contribution in [0.5, 0.6) is 0 Å². The lowest BCUT2D eigenvalue weighted by Gasteiger charge is -2.22. The van der Waals surface area contributed by atoms with Crippen LogP contribution in [0.4, 0.5) is 5.69 Å². The maximum Gasteiger partial charge on any atom is 0.171 e. The van der Waals surface area contributed by atoms with E-state index in [1.807, 2.05) is 24.4 Å². The Labute approximate surface area is 137 Å². The summed E-state index contributed by atoms with van der Waals surface area (Å²) in [6.07, 6.45) is 3.71. The average Bonchev–Trinajstić information content (AvgIpc) is 2.48. The smallest absolute Gasteiger partial charge is 0.171 e. The number of hydrogen-bond donors (Lipinski definition) is 3. The number of nitrogens with zero attached hydrogens (tertiary/aromatic N) is 1. The van der Waals surface area contributed by atoms with Crippen molar-refractivity contribution in [3.05, 3.63) is 59.9 Å². The first-order valence-corrected chi connectivity index (χ1v) is 7.78. The number of pyridine rings is 1. The van der Waals surface area contributed by atoms with Crippen molar-refractivity contribution in [2.75, 3.05) is 26.0 Å². The van der Waals surface area contributed by atoms with Gasteiger partial charge in [-0.05, 0) is 49.0 Å². The molecule has 116 valence electrons. The molecular formula is C17H23N4S+. The molecule has 0 aliphatic rings. The highest BCUT2D eigenvalue weighted by Gasteiger charge is 2.18. The van der Waals surface area contributed by atoms with Gasteiger partial charge in [-0.3, -0.25) is 4.98 Å². The summed E-state index contributed by atoms with van der Waals surface area (Å²) in [5.41, 5.74) is 3.42. The van der Waals surface area contributed by atoms with Crippen LogP contribution in [0.1, 0.15) is 17.2 Å². The van der Waals surface area contributed by atoms with Crippen molar-refractivity contribution in [3.8, 4) is 0 Å². The molecule has 3 N–H and O–H groups in total. The molecule has 2 aromatic rings. The van der Waals surface area contributed by atoms with E-state index >= 15 is 0 Å². The Morgan fingerprint density at radius 1 is 1.27 bits per heavy atom. The second kappa shape index (κ2) is 7.87. The van der Waals surface area contributed by atoms with E-state index in [2.05, 4.69) is 54.8 Å². The molecule has 2 rings (SSSR count). The quantitative estimate of drug-likeness (QED) is 0.733. The summed E-state index contributed by atoms with van der Waals surface area (Å²) in [5, 5.41) is 7.17. The van der Waals surface area contributed by atoms with Crippen molar-refractivity contribution in [2.45, 2.75) is 13.0 Å². The van der Waals surface area contributed by atoms with Gasteiger partial charge in [0.15, 0.2) is 5.11 Å². The molecule has 1 atom stereocenters. The fourth-order valence-electron chi connectivity index (χ4n) is 2.33. The second-order valence-corrected chi connectivity index (χ2v) is 6.03. The van der Waals surface area contributed by atoms with Crippen molar-refractivity contribution < 1.29 is 4.90 Å². The van der Waals surface area contributed by atoms with Gasteiger partial charge in [-0.2, -0.15) is 0 Å². The third kappa shape index (κ3) is 4.79. The fraction of sp³-hybridized carbons (Fsp3) is 0.294. The third-order valence-electron chi connectivity index (χ3n) is 3.53. The molecule has 1 heterocycles. The summed E-state index contributed by atoms with van der Waals surface area (Å²) in [4.78, 5) is 5.54. The predicted octanol–water partition coefficient (Wildman–Crippen LogP) is 1.56. The lowest BCUT2D eigenvalue weighted by Crippen LogP contribution is -3.07. The van der Waals surface area contributed by atoms with Gasteiger partial charge >= 0.3 is 0 Å². The van der Waals surface area contributed by atoms with Crippen molar-refractivity contribution in [3.63, 3.8) is 0 Å². The van der Waals surface area contributed by atoms with E-state index in [1.54, 1.807) is 6.20 Å². The number of nitrogens with one attached hydrogen (secondary N) is 3. The summed E-state index contributed by atoms with van der Waals surface area (Å²) in [5.74, 6) is 0. The van der Waals surface area contributed by atoms with Crippen LogP contribution in [0.15, 0.2) is 48.8 Å². The normalized spacial score (nSPS) is 12.0. The monoisotopic (exact) mass is 315 g/mol. The molecule has 1 aromatic carbocycles. The van der Waals surface area contributed by atoms with E-state index in [0.717, 1.165) is 12.2 Å². The highest BCUT2D eigenvalue weighted by atomic mass is 32.1. The molecule has 0 bridgehead atoms. The highest BCUT2D eigenvalue weighted by molar-refractivity contribution is 7.80. The molecule has 22 heavy (non-hydrogen) atoms. The largest absolute Gasteiger partial charge is 0.356 e. The Morgan fingerprint density at radius 2 is 2.09 bits per heavy atom. The molecule has 0 amide bonds. The zero-order chi connectivity index (χ0) is 15.9. The fourth-order valence-corrected chi connectivity index (χ4v) is 2.53. The Bertz CT molecular complexity index is 613. The zero-order valence-corrected chi connectivity index (χ0v) is 14.1. The van der Waals surface area contributed by atoms with Gasteiger partial charge in [-0.25, -0.2) is 0 Å². The first kappa shape index (κ1) is 16.4. The molecule has 0 aliphatic heterocycles. The number of thiocarbonyl (C=S) groups is 1. The topological polar surface area (TPSA) is 41.4 Å². The van der Waals surface area contributed by atoms with Crippen LogP contribution in [-0.2, 0) is 0 Å². The predicted molar refractivity (Wildman–Crippen MR) is 95.2 cm³/mol. The lowest BCUT2D eigenvalue weighted by molar-refractivity contribution is -0.890. The highest BCUT2D eigenvalue weighted by Crippen LogP contribution is 2.10. The van der Waals surface area contributed by atoms with Crippen molar-refractivity contribution in [1.29, 1.82) is 0 Å². The van der Waals surface area contributed by atoms with Crippen LogP contribution in [-0.4, -0.2) is 30.7 Å². The number of rotatable bonds is 5. The summed E-state index contributed by atoms with van der Waals surface area (Å²) in [6.45, 7) is 2.82. The van der Waals surface area contributed by atoms with Crippen LogP contribution in [0.25, 0.3) is 0 Å². The number of quaternary nitrogens is 1. The van der Waals surface area contributed by atoms with E-state index in [4.69, 9.17) is 12.2 Å². The molecule has 0 fully saturated rings. The molecule has 1 unspecified atom stereocenters. The van der Waals surface area contributed by atoms with Gasteiger partial charge < -0.3 is 15.5 Å². The van der Waals surface area contributed by atoms with Crippen LogP contribution in [0.2, 0.25) is 0 Å². The molecule has 0 saturated heterocycles. The Kier molecular flexibility index (Phi) is 5.86. The van der Waals surface area contributed by atoms with Crippen LogP contribution in [0, 0.1) is 6.92 Å². The number of benzene rings is 1. The SMILES string of the molecule is Cc1cccc(NC(=S)NCC(c2cccnc2)[NH+](C)C)c1. The minimum atomic E-state index is 0.297. The minimum absolute atomic E-state index is 0.297. The van der Waals surface area contributed by atoms with Gasteiger partial charge in [-0.15, -0.1) is 0 Å². The number of likely N-dealkylation sites (N-methyl/N-ethyl adjacent to an activating group) is 1. The van der Waals surface area contributed by atoms with Gasteiger partial charge in [0.25, 0.3) is 0 Å². The first-order chi connectivity index (χ1) is 10.6. The molecule has 4 nitrogen and oxygen atoms in total. The molecule has 0 saturated carbocycles. The number of aromatic nitrogens is 1. The van der Waals surface area contributed by atoms with E-state index in [1.165, 1.54) is 16.0 Å². The number of aryl methyl sites for hydroxylation is 1. The van der Waals surface area contributed by atoms with Gasteiger partial charge in [0.1, 0.15) is 6.04 Å². The van der Waals surface area contributed by atoms with E-state index in [-0.39, 0.29) is 0 Å². The van der Waals surface area contributed by atoms with Crippen molar-refractivity contribution in [1.82, 2.24) is 10.3 Å². The summed E-state index contributed by atoms with van der Waals surface area (Å²) in [7, 11) is 4.27. The maximum atomic E-state index is 5.39. The molecular weight excluding hydrogens is 292 g/mol. The van der Waals surface area contributed by atoms with Gasteiger partial charge in [0.05, 0.1) is 20.6 Å². The standard InChI is InChI=1S/C17H22N4S/c1-13-6-4-8-15(10-13)20-17(22)19-12-16(21(2)3)14-7-5-9-18-11-14/h4-11,16H,12H2,1-3H3,(H2,19,20,22)/p+1. The second-order valence-electron chi connectivity index (χ2n) is 5.62. The van der Waals surface area contributed by atoms with Crippen LogP contribution < -0.4 is 15.5 Å². The van der Waals surface area contributed by atoms with Crippen molar-refractivity contribution >= 4 is 23.0 Å². The average molecular weight is 315 g/mol. The summed E-state index contributed by atoms with van der Waals surface area (Å²) >= 11 is 5.39. The molecule has 5 heteroatoms. The number of anilines is 1. The molecule has 1 aromatic heterocycles. The summed E-state index contributed by atoms with van der Waals surface area (Å²) < 4.78 is 0. The molecule has 0 radical (unpaired) electrons. The van der Waals surface area contributed by atoms with Gasteiger partial charge in [0.2, 0.25) is 0 Å². The summed E-state index contributed by atoms with van der Waals surface area (Å²) in [6, 6.07) is 12.5. The molecule has 0 spiro atoms. The third-order valence-corrected chi connectivity index (χ3v) is 3.77. The Balaban J connectivity index is 1.94. The maximum absolute atomic E-state index is 5.39. The Morgan fingerprint density at radius 3 is 2.73 bits per heavy atom. The Hall–Kier alpha value is -1.98. The van der Waals surface area contributed by atoms with Crippen molar-refractivity contribution in [2.24, 2.45) is 0 Å². The number of hydrogen-bond acceptors (Lipinski definition) is 2. The first-order valence-electron chi connectivity index (χ1n) is 7.38. The van der Waals surface area contributed by atoms with Crippen LogP contribution in [0.3, 0.4) is 0 Å². The van der Waals surface area contributed by atoms with Gasteiger partial charge in [0, 0.05) is 23.6 Å². The van der Waals surface area contributed by atoms with E-state index < -0.39 is 0 Å². The van der Waals surface area contributed by atoms with Crippen LogP contribution >= 0.6 is 12.2 Å². The van der Waals surface area contributed by atoms with Gasteiger partial charge in [-0.1, -0.05) is 12.1 Å². The molecule has 0 aliphatic carbocycles.